The predicted molar refractivity (Wildman–Crippen MR) is 102 cm³/mol. The van der Waals surface area contributed by atoms with E-state index in [1.807, 2.05) is 23.5 Å². The van der Waals surface area contributed by atoms with Gasteiger partial charge in [-0.3, -0.25) is 9.59 Å². The molecule has 0 aromatic carbocycles. The minimum Gasteiger partial charge on any atom is -0.353 e. The minimum atomic E-state index is 0.209. The maximum atomic E-state index is 12.4. The van der Waals surface area contributed by atoms with E-state index in [-0.39, 0.29) is 35.7 Å². The number of carbonyl (C=O) groups excluding carboxylic acids is 2. The van der Waals surface area contributed by atoms with E-state index < -0.39 is 0 Å². The molecule has 2 atom stereocenters. The zero-order valence-electron chi connectivity index (χ0n) is 14.4. The van der Waals surface area contributed by atoms with Crippen LogP contribution < -0.4 is 10.6 Å². The maximum absolute atomic E-state index is 12.4. The fourth-order valence-corrected chi connectivity index (χ4v) is 6.22. The molecule has 136 valence electrons. The summed E-state index contributed by atoms with van der Waals surface area (Å²) in [6.07, 6.45) is 8.18. The molecule has 3 rings (SSSR count). The van der Waals surface area contributed by atoms with Crippen molar-refractivity contribution >= 4 is 35.3 Å². The van der Waals surface area contributed by atoms with E-state index in [0.29, 0.717) is 0 Å². The number of carbonyl (C=O) groups is 2. The largest absolute Gasteiger partial charge is 0.353 e. The molecule has 0 bridgehead atoms. The van der Waals surface area contributed by atoms with Crippen molar-refractivity contribution in [1.82, 2.24) is 10.6 Å². The molecule has 2 amide bonds. The van der Waals surface area contributed by atoms with Crippen LogP contribution in [-0.4, -0.2) is 46.9 Å². The van der Waals surface area contributed by atoms with Gasteiger partial charge in [-0.05, 0) is 74.4 Å². The molecule has 0 radical (unpaired) electrons. The Morgan fingerprint density at radius 1 is 0.667 bits per heavy atom. The number of thioether (sulfide) groups is 2. The number of hydrogen-bond donors (Lipinski definition) is 2. The second-order valence-electron chi connectivity index (χ2n) is 7.35. The summed E-state index contributed by atoms with van der Waals surface area (Å²) < 4.78 is 0. The van der Waals surface area contributed by atoms with E-state index >= 15 is 0 Å². The first-order valence-electron chi connectivity index (χ1n) is 9.48. The van der Waals surface area contributed by atoms with Gasteiger partial charge in [0.15, 0.2) is 0 Å². The van der Waals surface area contributed by atoms with E-state index in [9.17, 15) is 9.59 Å². The molecular weight excluding hydrogens is 340 g/mol. The van der Waals surface area contributed by atoms with Gasteiger partial charge in [0.05, 0.1) is 0 Å². The maximum Gasteiger partial charge on any atom is 0.223 e. The lowest BCUT2D eigenvalue weighted by Gasteiger charge is -2.33. The number of rotatable bonds is 4. The molecule has 0 aromatic heterocycles. The second kappa shape index (κ2) is 9.37. The van der Waals surface area contributed by atoms with E-state index in [1.54, 1.807) is 0 Å². The molecule has 2 N–H and O–H groups in total. The van der Waals surface area contributed by atoms with Gasteiger partial charge in [-0.2, -0.15) is 23.5 Å². The van der Waals surface area contributed by atoms with Gasteiger partial charge in [0.25, 0.3) is 0 Å². The monoisotopic (exact) mass is 370 g/mol. The summed E-state index contributed by atoms with van der Waals surface area (Å²) in [6.45, 7) is 0. The van der Waals surface area contributed by atoms with Gasteiger partial charge in [0.1, 0.15) is 0 Å². The quantitative estimate of drug-likeness (QED) is 0.799. The third-order valence-electron chi connectivity index (χ3n) is 5.55. The molecule has 3 fully saturated rings. The Kier molecular flexibility index (Phi) is 7.20. The Morgan fingerprint density at radius 3 is 1.50 bits per heavy atom. The summed E-state index contributed by atoms with van der Waals surface area (Å²) in [5.74, 6) is 5.36. The van der Waals surface area contributed by atoms with Crippen LogP contribution in [0.4, 0.5) is 0 Å². The molecule has 2 heterocycles. The molecule has 2 unspecified atom stereocenters. The van der Waals surface area contributed by atoms with Crippen LogP contribution in [0.3, 0.4) is 0 Å². The van der Waals surface area contributed by atoms with Crippen molar-refractivity contribution in [1.29, 1.82) is 0 Å². The SMILES string of the molecule is O=C(NC1CCCC(NC(=O)C2CCSCC2)C1)C1CCSCC1. The molecule has 2 saturated heterocycles. The van der Waals surface area contributed by atoms with Crippen LogP contribution >= 0.6 is 23.5 Å². The summed E-state index contributed by atoms with van der Waals surface area (Å²) >= 11 is 3.91. The topological polar surface area (TPSA) is 58.2 Å². The van der Waals surface area contributed by atoms with Gasteiger partial charge in [-0.15, -0.1) is 0 Å². The van der Waals surface area contributed by atoms with Crippen LogP contribution in [0.1, 0.15) is 51.4 Å². The van der Waals surface area contributed by atoms with Gasteiger partial charge in [-0.25, -0.2) is 0 Å². The van der Waals surface area contributed by atoms with E-state index in [2.05, 4.69) is 10.6 Å². The normalized spacial score (nSPS) is 29.8. The highest BCUT2D eigenvalue weighted by molar-refractivity contribution is 7.99. The fourth-order valence-electron chi connectivity index (χ4n) is 4.01. The Balaban J connectivity index is 1.43. The first-order chi connectivity index (χ1) is 11.7. The second-order valence-corrected chi connectivity index (χ2v) is 9.80. The smallest absolute Gasteiger partial charge is 0.223 e. The molecule has 4 nitrogen and oxygen atoms in total. The summed E-state index contributed by atoms with van der Waals surface area (Å²) in [5.41, 5.74) is 0. The summed E-state index contributed by atoms with van der Waals surface area (Å²) in [5, 5.41) is 6.54. The van der Waals surface area contributed by atoms with Crippen LogP contribution in [-0.2, 0) is 9.59 Å². The lowest BCUT2D eigenvalue weighted by molar-refractivity contribution is -0.126. The van der Waals surface area contributed by atoms with Crippen molar-refractivity contribution in [3.05, 3.63) is 0 Å². The van der Waals surface area contributed by atoms with E-state index in [4.69, 9.17) is 0 Å². The third-order valence-corrected chi connectivity index (χ3v) is 7.65. The first-order valence-corrected chi connectivity index (χ1v) is 11.8. The van der Waals surface area contributed by atoms with Crippen LogP contribution in [0, 0.1) is 11.8 Å². The molecule has 24 heavy (non-hydrogen) atoms. The minimum absolute atomic E-state index is 0.209. The van der Waals surface area contributed by atoms with Crippen molar-refractivity contribution in [2.45, 2.75) is 63.5 Å². The van der Waals surface area contributed by atoms with Gasteiger partial charge < -0.3 is 10.6 Å². The number of amides is 2. The lowest BCUT2D eigenvalue weighted by atomic mass is 9.89. The standard InChI is InChI=1S/C18H30N2O2S2/c21-17(13-4-8-23-9-5-13)19-15-2-1-3-16(12-15)20-18(22)14-6-10-24-11-7-14/h13-16H,1-12H2,(H,19,21)(H,20,22). The highest BCUT2D eigenvalue weighted by Crippen LogP contribution is 2.26. The lowest BCUT2D eigenvalue weighted by Crippen LogP contribution is -2.48. The average Bonchev–Trinajstić information content (AvgIpc) is 2.63. The highest BCUT2D eigenvalue weighted by atomic mass is 32.2. The molecule has 1 aliphatic carbocycles. The van der Waals surface area contributed by atoms with Crippen molar-refractivity contribution in [2.24, 2.45) is 11.8 Å². The van der Waals surface area contributed by atoms with E-state index in [0.717, 1.165) is 74.4 Å². The Bertz CT molecular complexity index is 397. The summed E-state index contributed by atoms with van der Waals surface area (Å²) in [6, 6.07) is 0.487. The van der Waals surface area contributed by atoms with Gasteiger partial charge >= 0.3 is 0 Å². The molecular formula is C18H30N2O2S2. The van der Waals surface area contributed by atoms with Gasteiger partial charge in [0, 0.05) is 23.9 Å². The number of nitrogens with one attached hydrogen (secondary N) is 2. The van der Waals surface area contributed by atoms with Crippen molar-refractivity contribution < 1.29 is 9.59 Å². The van der Waals surface area contributed by atoms with Crippen molar-refractivity contribution in [2.75, 3.05) is 23.0 Å². The third kappa shape index (κ3) is 5.32. The van der Waals surface area contributed by atoms with Crippen LogP contribution in [0.25, 0.3) is 0 Å². The molecule has 2 aliphatic heterocycles. The molecule has 0 aromatic rings. The molecule has 6 heteroatoms. The predicted octanol–water partition coefficient (Wildman–Crippen LogP) is 2.82. The fraction of sp³-hybridized carbons (Fsp3) is 0.889. The van der Waals surface area contributed by atoms with Crippen molar-refractivity contribution in [3.63, 3.8) is 0 Å². The zero-order chi connectivity index (χ0) is 16.8. The Morgan fingerprint density at radius 2 is 1.08 bits per heavy atom. The summed E-state index contributed by atoms with van der Waals surface area (Å²) in [4.78, 5) is 24.9. The van der Waals surface area contributed by atoms with Crippen molar-refractivity contribution in [3.8, 4) is 0 Å². The zero-order valence-corrected chi connectivity index (χ0v) is 16.1. The van der Waals surface area contributed by atoms with Crippen LogP contribution in [0.5, 0.6) is 0 Å². The first kappa shape index (κ1) is 18.4. The van der Waals surface area contributed by atoms with Gasteiger partial charge in [0.2, 0.25) is 11.8 Å². The highest BCUT2D eigenvalue weighted by Gasteiger charge is 2.29. The van der Waals surface area contributed by atoms with Crippen LogP contribution in [0.15, 0.2) is 0 Å². The molecule has 1 saturated carbocycles. The average molecular weight is 371 g/mol. The summed E-state index contributed by atoms with van der Waals surface area (Å²) in [7, 11) is 0. The van der Waals surface area contributed by atoms with E-state index in [1.165, 1.54) is 0 Å². The van der Waals surface area contributed by atoms with Crippen LogP contribution in [0.2, 0.25) is 0 Å². The molecule has 3 aliphatic rings. The van der Waals surface area contributed by atoms with Gasteiger partial charge in [-0.1, -0.05) is 0 Å². The Hall–Kier alpha value is -0.360. The Labute approximate surface area is 154 Å². The molecule has 0 spiro atoms. The number of hydrogen-bond acceptors (Lipinski definition) is 4.